The van der Waals surface area contributed by atoms with Gasteiger partial charge in [-0.3, -0.25) is 4.90 Å². The molecule has 0 aromatic carbocycles. The van der Waals surface area contributed by atoms with E-state index in [-0.39, 0.29) is 6.10 Å². The van der Waals surface area contributed by atoms with Crippen molar-refractivity contribution in [3.05, 3.63) is 12.4 Å². The lowest BCUT2D eigenvalue weighted by Gasteiger charge is -2.35. The first-order valence-electron chi connectivity index (χ1n) is 4.49. The van der Waals surface area contributed by atoms with E-state index in [4.69, 9.17) is 9.47 Å². The Hall–Kier alpha value is -1.36. The number of aromatic nitrogens is 2. The lowest BCUT2D eigenvalue weighted by atomic mass is 10.2. The predicted molar refractivity (Wildman–Crippen MR) is 50.5 cm³/mol. The largest absolute Gasteiger partial charge is 0.480 e. The molecule has 14 heavy (non-hydrogen) atoms. The zero-order chi connectivity index (χ0) is 9.97. The molecule has 0 amide bonds. The zero-order valence-electron chi connectivity index (χ0n) is 8.30. The van der Waals surface area contributed by atoms with Crippen molar-refractivity contribution >= 4 is 0 Å². The van der Waals surface area contributed by atoms with Crippen molar-refractivity contribution in [1.29, 1.82) is 0 Å². The average molecular weight is 195 g/mol. The molecule has 0 atom stereocenters. The van der Waals surface area contributed by atoms with Crippen molar-refractivity contribution in [3.8, 4) is 11.8 Å². The van der Waals surface area contributed by atoms with Crippen molar-refractivity contribution < 1.29 is 9.47 Å². The van der Waals surface area contributed by atoms with Gasteiger partial charge in [0, 0.05) is 13.1 Å². The van der Waals surface area contributed by atoms with E-state index >= 15 is 0 Å². The van der Waals surface area contributed by atoms with Gasteiger partial charge in [0.25, 0.3) is 0 Å². The van der Waals surface area contributed by atoms with E-state index in [2.05, 4.69) is 21.9 Å². The molecule has 76 valence electrons. The van der Waals surface area contributed by atoms with Gasteiger partial charge in [0.1, 0.15) is 6.10 Å². The number of likely N-dealkylation sites (N-methyl/N-ethyl adjacent to an activating group) is 1. The molecule has 1 aliphatic heterocycles. The molecule has 5 nitrogen and oxygen atoms in total. The second kappa shape index (κ2) is 3.79. The number of hydrogen-bond donors (Lipinski definition) is 0. The van der Waals surface area contributed by atoms with E-state index in [1.165, 1.54) is 0 Å². The molecule has 1 aliphatic rings. The lowest BCUT2D eigenvalue weighted by Crippen LogP contribution is -2.51. The van der Waals surface area contributed by atoms with E-state index in [1.54, 1.807) is 19.5 Å². The van der Waals surface area contributed by atoms with Crippen LogP contribution in [0.15, 0.2) is 12.4 Å². The summed E-state index contributed by atoms with van der Waals surface area (Å²) in [6, 6.07) is 0. The Labute approximate surface area is 82.7 Å². The Balaban J connectivity index is 1.90. The molecule has 0 spiro atoms. The molecule has 1 aromatic rings. The quantitative estimate of drug-likeness (QED) is 0.688. The fraction of sp³-hybridized carbons (Fsp3) is 0.556. The third-order valence-corrected chi connectivity index (χ3v) is 2.13. The third-order valence-electron chi connectivity index (χ3n) is 2.13. The van der Waals surface area contributed by atoms with E-state index in [0.29, 0.717) is 11.8 Å². The van der Waals surface area contributed by atoms with Gasteiger partial charge >= 0.3 is 0 Å². The molecular formula is C9H13N3O2. The highest BCUT2D eigenvalue weighted by atomic mass is 16.5. The zero-order valence-corrected chi connectivity index (χ0v) is 8.30. The van der Waals surface area contributed by atoms with Crippen LogP contribution in [0.25, 0.3) is 0 Å². The summed E-state index contributed by atoms with van der Waals surface area (Å²) in [6.45, 7) is 1.90. The summed E-state index contributed by atoms with van der Waals surface area (Å²) < 4.78 is 10.4. The van der Waals surface area contributed by atoms with E-state index in [9.17, 15) is 0 Å². The topological polar surface area (TPSA) is 47.5 Å². The van der Waals surface area contributed by atoms with Crippen LogP contribution in [0, 0.1) is 0 Å². The maximum atomic E-state index is 5.55. The summed E-state index contributed by atoms with van der Waals surface area (Å²) in [6.07, 6.45) is 3.39. The Morgan fingerprint density at radius 2 is 1.93 bits per heavy atom. The molecule has 0 bridgehead atoms. The summed E-state index contributed by atoms with van der Waals surface area (Å²) in [5.74, 6) is 1.06. The molecule has 0 unspecified atom stereocenters. The van der Waals surface area contributed by atoms with Crippen LogP contribution in [0.4, 0.5) is 0 Å². The first kappa shape index (κ1) is 9.21. The van der Waals surface area contributed by atoms with Crippen molar-refractivity contribution in [2.24, 2.45) is 0 Å². The summed E-state index contributed by atoms with van der Waals surface area (Å²) in [4.78, 5) is 10.3. The molecule has 1 fully saturated rings. The predicted octanol–water partition coefficient (Wildman–Crippen LogP) is 0.178. The van der Waals surface area contributed by atoms with Crippen molar-refractivity contribution in [3.63, 3.8) is 0 Å². The Kier molecular flexibility index (Phi) is 2.49. The Morgan fingerprint density at radius 3 is 2.43 bits per heavy atom. The van der Waals surface area contributed by atoms with Gasteiger partial charge in [-0.25, -0.2) is 9.97 Å². The molecule has 0 aliphatic carbocycles. The maximum absolute atomic E-state index is 5.55. The van der Waals surface area contributed by atoms with Crippen LogP contribution in [0.5, 0.6) is 11.8 Å². The fourth-order valence-electron chi connectivity index (χ4n) is 1.36. The summed E-state index contributed by atoms with van der Waals surface area (Å²) in [5, 5.41) is 0. The van der Waals surface area contributed by atoms with E-state index in [0.717, 1.165) is 13.1 Å². The van der Waals surface area contributed by atoms with E-state index in [1.807, 2.05) is 0 Å². The van der Waals surface area contributed by atoms with Crippen LogP contribution in [-0.4, -0.2) is 48.2 Å². The van der Waals surface area contributed by atoms with Gasteiger partial charge in [0.05, 0.1) is 19.5 Å². The summed E-state index contributed by atoms with van der Waals surface area (Å²) in [7, 11) is 3.62. The molecule has 0 radical (unpaired) electrons. The molecule has 2 rings (SSSR count). The monoisotopic (exact) mass is 195 g/mol. The standard InChI is InChI=1S/C9H13N3O2/c1-12-5-7(6-12)14-9-4-10-8(13-2)3-11-9/h3-4,7H,5-6H2,1-2H3. The lowest BCUT2D eigenvalue weighted by molar-refractivity contribution is 0.0351. The number of likely N-dealkylation sites (tertiary alicyclic amines) is 1. The minimum absolute atomic E-state index is 0.252. The number of nitrogens with zero attached hydrogens (tertiary/aromatic N) is 3. The van der Waals surface area contributed by atoms with Gasteiger partial charge in [-0.05, 0) is 7.05 Å². The van der Waals surface area contributed by atoms with Crippen LogP contribution in [0.1, 0.15) is 0 Å². The maximum Gasteiger partial charge on any atom is 0.232 e. The highest BCUT2D eigenvalue weighted by molar-refractivity contribution is 5.11. The summed E-state index contributed by atoms with van der Waals surface area (Å²) in [5.41, 5.74) is 0. The van der Waals surface area contributed by atoms with Crippen molar-refractivity contribution in [2.45, 2.75) is 6.10 Å². The van der Waals surface area contributed by atoms with Gasteiger partial charge in [-0.15, -0.1) is 0 Å². The van der Waals surface area contributed by atoms with Gasteiger partial charge in [0.15, 0.2) is 0 Å². The van der Waals surface area contributed by atoms with Gasteiger partial charge < -0.3 is 9.47 Å². The second-order valence-electron chi connectivity index (χ2n) is 3.36. The first-order chi connectivity index (χ1) is 6.78. The first-order valence-corrected chi connectivity index (χ1v) is 4.49. The smallest absolute Gasteiger partial charge is 0.232 e. The van der Waals surface area contributed by atoms with Crippen LogP contribution in [0.2, 0.25) is 0 Å². The number of ether oxygens (including phenoxy) is 2. The molecule has 1 saturated heterocycles. The second-order valence-corrected chi connectivity index (χ2v) is 3.36. The average Bonchev–Trinajstić information content (AvgIpc) is 2.17. The molecule has 2 heterocycles. The SMILES string of the molecule is COc1cnc(OC2CN(C)C2)cn1. The van der Waals surface area contributed by atoms with Crippen molar-refractivity contribution in [1.82, 2.24) is 14.9 Å². The third kappa shape index (κ3) is 1.93. The fourth-order valence-corrected chi connectivity index (χ4v) is 1.36. The number of hydrogen-bond acceptors (Lipinski definition) is 5. The van der Waals surface area contributed by atoms with Crippen LogP contribution in [-0.2, 0) is 0 Å². The van der Waals surface area contributed by atoms with Gasteiger partial charge in [0.2, 0.25) is 11.8 Å². The van der Waals surface area contributed by atoms with Crippen molar-refractivity contribution in [2.75, 3.05) is 27.2 Å². The van der Waals surface area contributed by atoms with Crippen LogP contribution >= 0.6 is 0 Å². The van der Waals surface area contributed by atoms with Crippen LogP contribution < -0.4 is 9.47 Å². The van der Waals surface area contributed by atoms with Crippen LogP contribution in [0.3, 0.4) is 0 Å². The molecule has 0 N–H and O–H groups in total. The molecular weight excluding hydrogens is 182 g/mol. The highest BCUT2D eigenvalue weighted by Gasteiger charge is 2.25. The Bertz CT molecular complexity index is 295. The summed E-state index contributed by atoms with van der Waals surface area (Å²) >= 11 is 0. The normalized spacial score (nSPS) is 17.6. The minimum Gasteiger partial charge on any atom is -0.480 e. The van der Waals surface area contributed by atoms with E-state index < -0.39 is 0 Å². The minimum atomic E-state index is 0.252. The molecule has 5 heteroatoms. The number of methoxy groups -OCH3 is 1. The number of rotatable bonds is 3. The Morgan fingerprint density at radius 1 is 1.29 bits per heavy atom. The highest BCUT2D eigenvalue weighted by Crippen LogP contribution is 2.14. The van der Waals surface area contributed by atoms with Gasteiger partial charge in [-0.1, -0.05) is 0 Å². The molecule has 1 aromatic heterocycles. The van der Waals surface area contributed by atoms with Gasteiger partial charge in [-0.2, -0.15) is 0 Å². The molecule has 0 saturated carbocycles.